The number of halogens is 1. The van der Waals surface area contributed by atoms with Crippen LogP contribution in [0.25, 0.3) is 0 Å². The Labute approximate surface area is 113 Å². The molecule has 0 bridgehead atoms. The smallest absolute Gasteiger partial charge is 0.282 e. The van der Waals surface area contributed by atoms with E-state index in [1.54, 1.807) is 13.2 Å². The van der Waals surface area contributed by atoms with Gasteiger partial charge in [0.05, 0.1) is 24.0 Å². The lowest BCUT2D eigenvalue weighted by Gasteiger charge is -2.46. The highest BCUT2D eigenvalue weighted by molar-refractivity contribution is 9.10. The second-order valence-electron chi connectivity index (χ2n) is 4.84. The highest BCUT2D eigenvalue weighted by atomic mass is 79.9. The zero-order valence-electron chi connectivity index (χ0n) is 9.97. The van der Waals surface area contributed by atoms with Crippen molar-refractivity contribution < 1.29 is 4.74 Å². The molecule has 0 aromatic carbocycles. The fourth-order valence-electron chi connectivity index (χ4n) is 2.72. The summed E-state index contributed by atoms with van der Waals surface area (Å²) in [4.78, 5) is 11.7. The van der Waals surface area contributed by atoms with Crippen LogP contribution in [-0.4, -0.2) is 34.6 Å². The summed E-state index contributed by atoms with van der Waals surface area (Å²) in [6.07, 6.45) is 2.82. The molecule has 3 rings (SSSR count). The Bertz CT molecular complexity index is 532. The number of hydrogen-bond donors (Lipinski definition) is 2. The zero-order valence-corrected chi connectivity index (χ0v) is 11.6. The first-order valence-electron chi connectivity index (χ1n) is 5.95. The quantitative estimate of drug-likeness (QED) is 0.807. The molecule has 2 aliphatic rings. The number of fused-ring (bicyclic) bond motifs is 1. The maximum absolute atomic E-state index is 11.7. The second kappa shape index (κ2) is 4.32. The van der Waals surface area contributed by atoms with Crippen LogP contribution in [0.15, 0.2) is 15.5 Å². The molecule has 1 saturated carbocycles. The Kier molecular flexibility index (Phi) is 2.91. The van der Waals surface area contributed by atoms with E-state index in [-0.39, 0.29) is 23.7 Å². The van der Waals surface area contributed by atoms with Gasteiger partial charge in [0.25, 0.3) is 5.56 Å². The summed E-state index contributed by atoms with van der Waals surface area (Å²) in [5, 5.41) is 7.25. The van der Waals surface area contributed by atoms with Gasteiger partial charge in [-0.15, -0.1) is 0 Å². The molecule has 7 heteroatoms. The molecule has 1 aliphatic carbocycles. The molecule has 4 unspecified atom stereocenters. The normalized spacial score (nSPS) is 33.9. The first-order valence-corrected chi connectivity index (χ1v) is 6.74. The highest BCUT2D eigenvalue weighted by Gasteiger charge is 2.52. The number of aryl methyl sites for hydroxylation is 1. The largest absolute Gasteiger partial charge is 0.376 e. The van der Waals surface area contributed by atoms with E-state index in [9.17, 15) is 4.79 Å². The van der Waals surface area contributed by atoms with Crippen LogP contribution < -0.4 is 16.6 Å². The lowest BCUT2D eigenvalue weighted by atomic mass is 9.72. The van der Waals surface area contributed by atoms with E-state index >= 15 is 0 Å². The Hall–Kier alpha value is -0.920. The van der Waals surface area contributed by atoms with Gasteiger partial charge in [0.15, 0.2) is 0 Å². The van der Waals surface area contributed by atoms with Crippen molar-refractivity contribution in [3.8, 4) is 0 Å². The van der Waals surface area contributed by atoms with Gasteiger partial charge in [-0.2, -0.15) is 5.10 Å². The lowest BCUT2D eigenvalue weighted by Crippen LogP contribution is -2.65. The van der Waals surface area contributed by atoms with Crippen molar-refractivity contribution >= 4 is 21.6 Å². The first kappa shape index (κ1) is 12.1. The number of nitrogens with two attached hydrogens (primary N) is 1. The summed E-state index contributed by atoms with van der Waals surface area (Å²) in [6.45, 7) is 0.775. The molecule has 0 spiro atoms. The van der Waals surface area contributed by atoms with Crippen LogP contribution >= 0.6 is 15.9 Å². The van der Waals surface area contributed by atoms with Gasteiger partial charge in [-0.3, -0.25) is 4.79 Å². The van der Waals surface area contributed by atoms with E-state index in [1.807, 2.05) is 0 Å². The standard InChI is InChI=1S/C11H15BrN4O2/c1-16-11(17)7(12)6(4-14-16)15-9-8(13)5-2-3-18-10(5)9/h4-5,8-10,15H,2-3,13H2,1H3. The number of anilines is 1. The van der Waals surface area contributed by atoms with Crippen molar-refractivity contribution in [1.29, 1.82) is 0 Å². The Morgan fingerprint density at radius 2 is 2.44 bits per heavy atom. The van der Waals surface area contributed by atoms with Crippen molar-refractivity contribution in [3.63, 3.8) is 0 Å². The van der Waals surface area contributed by atoms with Crippen LogP contribution in [0.1, 0.15) is 6.42 Å². The van der Waals surface area contributed by atoms with Gasteiger partial charge < -0.3 is 15.8 Å². The number of aromatic nitrogens is 2. The predicted molar refractivity (Wildman–Crippen MR) is 70.4 cm³/mol. The molecule has 98 valence electrons. The zero-order chi connectivity index (χ0) is 12.9. The number of rotatable bonds is 2. The maximum Gasteiger partial charge on any atom is 0.282 e. The van der Waals surface area contributed by atoms with Gasteiger partial charge in [0.1, 0.15) is 4.47 Å². The summed E-state index contributed by atoms with van der Waals surface area (Å²) in [5.74, 6) is 0.445. The molecule has 1 aromatic rings. The Balaban J connectivity index is 1.82. The maximum atomic E-state index is 11.7. The van der Waals surface area contributed by atoms with E-state index in [0.717, 1.165) is 13.0 Å². The number of hydrogen-bond acceptors (Lipinski definition) is 5. The van der Waals surface area contributed by atoms with Crippen LogP contribution in [0, 0.1) is 5.92 Å². The monoisotopic (exact) mass is 314 g/mol. The molecular weight excluding hydrogens is 300 g/mol. The SMILES string of the molecule is Cn1ncc(NC2C(N)C3CCOC32)c(Br)c1=O. The summed E-state index contributed by atoms with van der Waals surface area (Å²) >= 11 is 3.29. The molecule has 1 saturated heterocycles. The highest BCUT2D eigenvalue weighted by Crippen LogP contribution is 2.39. The van der Waals surface area contributed by atoms with Crippen LogP contribution in [0.2, 0.25) is 0 Å². The molecule has 3 N–H and O–H groups in total. The van der Waals surface area contributed by atoms with Crippen LogP contribution in [0.4, 0.5) is 5.69 Å². The molecule has 1 aliphatic heterocycles. The third kappa shape index (κ3) is 1.69. The average Bonchev–Trinajstić information content (AvgIpc) is 2.79. The molecule has 0 radical (unpaired) electrons. The minimum absolute atomic E-state index is 0.0581. The van der Waals surface area contributed by atoms with Crippen molar-refractivity contribution in [3.05, 3.63) is 21.0 Å². The van der Waals surface area contributed by atoms with Gasteiger partial charge in [0.2, 0.25) is 0 Å². The third-order valence-electron chi connectivity index (χ3n) is 3.85. The molecule has 0 amide bonds. The van der Waals surface area contributed by atoms with E-state index in [4.69, 9.17) is 10.5 Å². The topological polar surface area (TPSA) is 82.2 Å². The minimum atomic E-state index is -0.170. The second-order valence-corrected chi connectivity index (χ2v) is 5.63. The van der Waals surface area contributed by atoms with Crippen LogP contribution in [-0.2, 0) is 11.8 Å². The molecule has 2 fully saturated rings. The van der Waals surface area contributed by atoms with Gasteiger partial charge in [0, 0.05) is 25.6 Å². The van der Waals surface area contributed by atoms with E-state index in [0.29, 0.717) is 16.1 Å². The van der Waals surface area contributed by atoms with Crippen LogP contribution in [0.5, 0.6) is 0 Å². The van der Waals surface area contributed by atoms with E-state index < -0.39 is 0 Å². The number of nitrogens with zero attached hydrogens (tertiary/aromatic N) is 2. The fraction of sp³-hybridized carbons (Fsp3) is 0.636. The Morgan fingerprint density at radius 3 is 3.22 bits per heavy atom. The van der Waals surface area contributed by atoms with Crippen molar-refractivity contribution in [2.75, 3.05) is 11.9 Å². The number of nitrogens with one attached hydrogen (secondary N) is 1. The van der Waals surface area contributed by atoms with Crippen molar-refractivity contribution in [1.82, 2.24) is 9.78 Å². The number of ether oxygens (including phenoxy) is 1. The minimum Gasteiger partial charge on any atom is -0.376 e. The van der Waals surface area contributed by atoms with Crippen molar-refractivity contribution in [2.24, 2.45) is 18.7 Å². The first-order chi connectivity index (χ1) is 8.59. The van der Waals surface area contributed by atoms with E-state index in [1.165, 1.54) is 4.68 Å². The summed E-state index contributed by atoms with van der Waals surface area (Å²) in [5.41, 5.74) is 6.62. The molecule has 4 atom stereocenters. The van der Waals surface area contributed by atoms with E-state index in [2.05, 4.69) is 26.3 Å². The summed E-state index contributed by atoms with van der Waals surface area (Å²) < 4.78 is 7.40. The van der Waals surface area contributed by atoms with Gasteiger partial charge >= 0.3 is 0 Å². The van der Waals surface area contributed by atoms with Crippen molar-refractivity contribution in [2.45, 2.75) is 24.6 Å². The predicted octanol–water partition coefficient (Wildman–Crippen LogP) is 0.0693. The molecule has 6 nitrogen and oxygen atoms in total. The van der Waals surface area contributed by atoms with Gasteiger partial charge in [-0.1, -0.05) is 0 Å². The fourth-order valence-corrected chi connectivity index (χ4v) is 3.19. The molecule has 2 heterocycles. The molecule has 1 aromatic heterocycles. The lowest BCUT2D eigenvalue weighted by molar-refractivity contribution is 0.00533. The molecule has 18 heavy (non-hydrogen) atoms. The summed E-state index contributed by atoms with van der Waals surface area (Å²) in [7, 11) is 1.61. The van der Waals surface area contributed by atoms with Crippen LogP contribution in [0.3, 0.4) is 0 Å². The van der Waals surface area contributed by atoms with Gasteiger partial charge in [-0.25, -0.2) is 4.68 Å². The Morgan fingerprint density at radius 1 is 1.67 bits per heavy atom. The average molecular weight is 315 g/mol. The van der Waals surface area contributed by atoms with Gasteiger partial charge in [-0.05, 0) is 22.4 Å². The summed E-state index contributed by atoms with van der Waals surface area (Å²) in [6, 6.07) is 0.135. The third-order valence-corrected chi connectivity index (χ3v) is 4.61. The molecular formula is C11H15BrN4O2.